The number of benzene rings is 1. The molecule has 2 aromatic rings. The van der Waals surface area contributed by atoms with Crippen molar-refractivity contribution in [2.45, 2.75) is 0 Å². The lowest BCUT2D eigenvalue weighted by atomic mass is 10.1. The van der Waals surface area contributed by atoms with Gasteiger partial charge in [-0.05, 0) is 30.3 Å². The molecule has 0 fully saturated rings. The molecule has 0 bridgehead atoms. The van der Waals surface area contributed by atoms with Crippen molar-refractivity contribution in [3.63, 3.8) is 0 Å². The van der Waals surface area contributed by atoms with Crippen LogP contribution >= 0.6 is 11.6 Å². The van der Waals surface area contributed by atoms with Crippen LogP contribution in [0.5, 0.6) is 11.5 Å². The van der Waals surface area contributed by atoms with Crippen LogP contribution in [0.1, 0.15) is 20.8 Å². The molecule has 0 saturated carbocycles. The number of esters is 1. The number of hydrogen-bond acceptors (Lipinski definition) is 7. The van der Waals surface area contributed by atoms with E-state index in [0.717, 1.165) is 0 Å². The molecule has 1 aliphatic rings. The van der Waals surface area contributed by atoms with Crippen LogP contribution in [0.3, 0.4) is 0 Å². The minimum Gasteiger partial charge on any atom is -0.456 e. The molecule has 0 saturated heterocycles. The number of rotatable bonds is 6. The molecule has 1 amide bonds. The van der Waals surface area contributed by atoms with E-state index in [1.807, 2.05) is 0 Å². The van der Waals surface area contributed by atoms with Gasteiger partial charge >= 0.3 is 5.97 Å². The normalized spacial score (nSPS) is 11.7. The first-order chi connectivity index (χ1) is 12.5. The number of ether oxygens (including phenoxy) is 3. The first kappa shape index (κ1) is 17.7. The molecule has 2 heterocycles. The predicted molar refractivity (Wildman–Crippen MR) is 89.4 cm³/mol. The summed E-state index contributed by atoms with van der Waals surface area (Å²) in [7, 11) is 0. The van der Waals surface area contributed by atoms with Gasteiger partial charge in [0.1, 0.15) is 12.2 Å². The average Bonchev–Trinajstić information content (AvgIpc) is 3.11. The van der Waals surface area contributed by atoms with Gasteiger partial charge in [0.15, 0.2) is 23.9 Å². The van der Waals surface area contributed by atoms with Crippen LogP contribution in [0.2, 0.25) is 5.02 Å². The van der Waals surface area contributed by atoms with Gasteiger partial charge < -0.3 is 19.5 Å². The number of hydrogen-bond donors (Lipinski definition) is 1. The van der Waals surface area contributed by atoms with Crippen molar-refractivity contribution >= 4 is 29.3 Å². The van der Waals surface area contributed by atoms with Crippen LogP contribution in [0.25, 0.3) is 0 Å². The molecule has 1 aromatic carbocycles. The lowest BCUT2D eigenvalue weighted by molar-refractivity contribution is -0.141. The largest absolute Gasteiger partial charge is 0.456 e. The summed E-state index contributed by atoms with van der Waals surface area (Å²) in [6.45, 7) is -0.756. The molecule has 3 rings (SSSR count). The zero-order chi connectivity index (χ0) is 18.5. The maximum absolute atomic E-state index is 12.1. The summed E-state index contributed by atoms with van der Waals surface area (Å²) in [5.41, 5.74) is 0.399. The molecular formula is C17H13ClN2O6. The van der Waals surface area contributed by atoms with Gasteiger partial charge in [-0.2, -0.15) is 0 Å². The zero-order valence-corrected chi connectivity index (χ0v) is 14.1. The lowest BCUT2D eigenvalue weighted by Gasteiger charge is -2.06. The molecule has 9 heteroatoms. The van der Waals surface area contributed by atoms with E-state index in [2.05, 4.69) is 10.3 Å². The molecule has 8 nitrogen and oxygen atoms in total. The Bertz CT molecular complexity index is 870. The van der Waals surface area contributed by atoms with Crippen molar-refractivity contribution in [1.82, 2.24) is 10.3 Å². The third-order valence-electron chi connectivity index (χ3n) is 3.41. The Morgan fingerprint density at radius 3 is 2.77 bits per heavy atom. The lowest BCUT2D eigenvalue weighted by Crippen LogP contribution is -2.32. The first-order valence-electron chi connectivity index (χ1n) is 7.51. The molecular weight excluding hydrogens is 364 g/mol. The molecule has 1 N–H and O–H groups in total. The van der Waals surface area contributed by atoms with Crippen LogP contribution in [-0.4, -0.2) is 42.6 Å². The standard InChI is InChI=1S/C17H13ClN2O6/c18-11-3-4-19-12(6-11)17(23)20-7-16(22)24-8-13(21)10-1-2-14-15(5-10)26-9-25-14/h1-6H,7-9H2,(H,20,23). The van der Waals surface area contributed by atoms with Crippen molar-refractivity contribution in [3.05, 3.63) is 52.8 Å². The number of fused-ring (bicyclic) bond motifs is 1. The Hall–Kier alpha value is -3.13. The number of Topliss-reactive ketones (excluding diaryl/α,β-unsaturated/α-hetero) is 1. The summed E-state index contributed by atoms with van der Waals surface area (Å²) in [4.78, 5) is 39.4. The molecule has 1 aromatic heterocycles. The van der Waals surface area contributed by atoms with Crippen molar-refractivity contribution in [2.24, 2.45) is 0 Å². The minimum absolute atomic E-state index is 0.0711. The molecule has 26 heavy (non-hydrogen) atoms. The Morgan fingerprint density at radius 1 is 1.15 bits per heavy atom. The van der Waals surface area contributed by atoms with E-state index in [1.54, 1.807) is 12.1 Å². The van der Waals surface area contributed by atoms with Gasteiger partial charge in [0.2, 0.25) is 6.79 Å². The molecule has 0 radical (unpaired) electrons. The van der Waals surface area contributed by atoms with E-state index in [0.29, 0.717) is 22.1 Å². The highest BCUT2D eigenvalue weighted by atomic mass is 35.5. The molecule has 0 atom stereocenters. The van der Waals surface area contributed by atoms with E-state index in [1.165, 1.54) is 24.4 Å². The number of aromatic nitrogens is 1. The van der Waals surface area contributed by atoms with E-state index < -0.39 is 30.8 Å². The maximum Gasteiger partial charge on any atom is 0.325 e. The van der Waals surface area contributed by atoms with Crippen LogP contribution < -0.4 is 14.8 Å². The topological polar surface area (TPSA) is 104 Å². The van der Waals surface area contributed by atoms with Gasteiger partial charge in [-0.1, -0.05) is 11.6 Å². The number of pyridine rings is 1. The van der Waals surface area contributed by atoms with Gasteiger partial charge in [-0.25, -0.2) is 0 Å². The van der Waals surface area contributed by atoms with Crippen molar-refractivity contribution in [3.8, 4) is 11.5 Å². The maximum atomic E-state index is 12.1. The second-order valence-corrected chi connectivity index (χ2v) is 5.63. The fraction of sp³-hybridized carbons (Fsp3) is 0.176. The number of halogens is 1. The van der Waals surface area contributed by atoms with Crippen LogP contribution in [0, 0.1) is 0 Å². The summed E-state index contributed by atoms with van der Waals surface area (Å²) < 4.78 is 15.2. The number of carbonyl (C=O) groups excluding carboxylic acids is 3. The van der Waals surface area contributed by atoms with E-state index >= 15 is 0 Å². The number of nitrogens with one attached hydrogen (secondary N) is 1. The van der Waals surface area contributed by atoms with Gasteiger partial charge in [0.25, 0.3) is 5.91 Å². The second kappa shape index (κ2) is 7.83. The average molecular weight is 377 g/mol. The zero-order valence-electron chi connectivity index (χ0n) is 13.4. The fourth-order valence-electron chi connectivity index (χ4n) is 2.12. The Kier molecular flexibility index (Phi) is 5.33. The Labute approximate surface area is 153 Å². The molecule has 1 aliphatic heterocycles. The Balaban J connectivity index is 1.46. The fourth-order valence-corrected chi connectivity index (χ4v) is 2.28. The summed E-state index contributed by atoms with van der Waals surface area (Å²) in [6, 6.07) is 7.57. The first-order valence-corrected chi connectivity index (χ1v) is 7.89. The van der Waals surface area contributed by atoms with Crippen LogP contribution in [-0.2, 0) is 9.53 Å². The third-order valence-corrected chi connectivity index (χ3v) is 3.64. The Morgan fingerprint density at radius 2 is 1.96 bits per heavy atom. The van der Waals surface area contributed by atoms with Crippen molar-refractivity contribution in [2.75, 3.05) is 19.9 Å². The highest BCUT2D eigenvalue weighted by Gasteiger charge is 2.17. The highest BCUT2D eigenvalue weighted by Crippen LogP contribution is 2.32. The quantitative estimate of drug-likeness (QED) is 0.603. The number of amides is 1. The van der Waals surface area contributed by atoms with E-state index in [4.69, 9.17) is 25.8 Å². The smallest absolute Gasteiger partial charge is 0.325 e. The molecule has 0 unspecified atom stereocenters. The summed E-state index contributed by atoms with van der Waals surface area (Å²) in [6.07, 6.45) is 1.37. The third kappa shape index (κ3) is 4.28. The van der Waals surface area contributed by atoms with E-state index in [9.17, 15) is 14.4 Å². The van der Waals surface area contributed by atoms with E-state index in [-0.39, 0.29) is 12.5 Å². The molecule has 134 valence electrons. The van der Waals surface area contributed by atoms with Crippen molar-refractivity contribution in [1.29, 1.82) is 0 Å². The summed E-state index contributed by atoms with van der Waals surface area (Å²) in [5.74, 6) is -0.722. The number of ketones is 1. The van der Waals surface area contributed by atoms with Gasteiger partial charge in [-0.3, -0.25) is 19.4 Å². The second-order valence-electron chi connectivity index (χ2n) is 5.19. The van der Waals surface area contributed by atoms with Crippen LogP contribution in [0.15, 0.2) is 36.5 Å². The monoisotopic (exact) mass is 376 g/mol. The molecule has 0 spiro atoms. The molecule has 0 aliphatic carbocycles. The predicted octanol–water partition coefficient (Wildman–Crippen LogP) is 1.62. The van der Waals surface area contributed by atoms with Gasteiger partial charge in [-0.15, -0.1) is 0 Å². The number of carbonyl (C=O) groups is 3. The highest BCUT2D eigenvalue weighted by molar-refractivity contribution is 6.30. The summed E-state index contributed by atoms with van der Waals surface area (Å²) in [5, 5.41) is 2.69. The summed E-state index contributed by atoms with van der Waals surface area (Å²) >= 11 is 5.76. The van der Waals surface area contributed by atoms with Crippen LogP contribution in [0.4, 0.5) is 0 Å². The van der Waals surface area contributed by atoms with Crippen molar-refractivity contribution < 1.29 is 28.6 Å². The number of nitrogens with zero attached hydrogens (tertiary/aromatic N) is 1. The van der Waals surface area contributed by atoms with Gasteiger partial charge in [0, 0.05) is 16.8 Å². The minimum atomic E-state index is -0.755. The van der Waals surface area contributed by atoms with Gasteiger partial charge in [0.05, 0.1) is 0 Å². The SMILES string of the molecule is O=C(CNC(=O)c1cc(Cl)ccn1)OCC(=O)c1ccc2c(c1)OCO2.